The minimum absolute atomic E-state index is 0.102. The molecule has 0 N–H and O–H groups in total. The van der Waals surface area contributed by atoms with Gasteiger partial charge in [-0.05, 0) is 94.8 Å². The number of anilines is 6. The van der Waals surface area contributed by atoms with E-state index in [0.29, 0.717) is 0 Å². The molecule has 0 aliphatic carbocycles. The Hall–Kier alpha value is -6.00. The highest BCUT2D eigenvalue weighted by atomic mass is 16.3. The van der Waals surface area contributed by atoms with Crippen LogP contribution in [-0.4, -0.2) is 6.71 Å². The van der Waals surface area contributed by atoms with Gasteiger partial charge in [-0.1, -0.05) is 104 Å². The molecular weight excluding hydrogens is 595 g/mol. The highest BCUT2D eigenvalue weighted by Crippen LogP contribution is 2.44. The van der Waals surface area contributed by atoms with Crippen LogP contribution in [0.2, 0.25) is 0 Å². The van der Waals surface area contributed by atoms with Crippen LogP contribution in [0, 0.1) is 0 Å². The Kier molecular flexibility index (Phi) is 6.01. The van der Waals surface area contributed by atoms with Gasteiger partial charge in [0.25, 0.3) is 0 Å². The average Bonchev–Trinajstić information content (AvgIpc) is 3.51. The molecule has 3 nitrogen and oxygen atoms in total. The number of rotatable bonds is 4. The summed E-state index contributed by atoms with van der Waals surface area (Å²) in [7, 11) is 0. The van der Waals surface area contributed by atoms with Gasteiger partial charge in [-0.25, -0.2) is 0 Å². The van der Waals surface area contributed by atoms with Crippen LogP contribution < -0.4 is 26.2 Å². The van der Waals surface area contributed by atoms with Crippen molar-refractivity contribution in [2.75, 3.05) is 9.80 Å². The van der Waals surface area contributed by atoms with Crippen molar-refractivity contribution in [1.82, 2.24) is 0 Å². The second kappa shape index (κ2) is 10.5. The molecule has 10 rings (SSSR count). The molecule has 0 saturated carbocycles. The van der Waals surface area contributed by atoms with Crippen LogP contribution in [-0.2, 0) is 5.41 Å². The molecule has 0 fully saturated rings. The molecule has 232 valence electrons. The van der Waals surface area contributed by atoms with Gasteiger partial charge in [0.1, 0.15) is 11.2 Å². The lowest BCUT2D eigenvalue weighted by atomic mass is 9.30. The van der Waals surface area contributed by atoms with E-state index < -0.39 is 0 Å². The Bertz CT molecular complexity index is 2500. The third-order valence-electron chi connectivity index (χ3n) is 10.7. The molecule has 0 radical (unpaired) electrons. The van der Waals surface area contributed by atoms with Crippen molar-refractivity contribution < 1.29 is 4.42 Å². The normalized spacial score (nSPS) is 14.0. The molecule has 2 aliphatic heterocycles. The van der Waals surface area contributed by atoms with E-state index in [4.69, 9.17) is 4.42 Å². The second-order valence-corrected chi connectivity index (χ2v) is 13.8. The first-order chi connectivity index (χ1) is 24.1. The summed E-state index contributed by atoms with van der Waals surface area (Å²) in [6, 6.07) is 59.0. The zero-order valence-electron chi connectivity index (χ0n) is 27.5. The fraction of sp³-hybridized carbons (Fsp3) is 0.0667. The van der Waals surface area contributed by atoms with E-state index in [1.807, 2.05) is 0 Å². The summed E-state index contributed by atoms with van der Waals surface area (Å²) in [5, 5.41) is 2.30. The van der Waals surface area contributed by atoms with E-state index in [2.05, 4.69) is 187 Å². The van der Waals surface area contributed by atoms with Gasteiger partial charge >= 0.3 is 0 Å². The van der Waals surface area contributed by atoms with Gasteiger partial charge in [0, 0.05) is 56.4 Å². The molecule has 0 amide bonds. The fourth-order valence-corrected chi connectivity index (χ4v) is 8.49. The molecule has 0 unspecified atom stereocenters. The SMILES string of the molecule is CC1(C)c2cc3c(cc2B2c4ccccc4N(c4ccccc4)c4cccc1c42)oc1cc(N(c2ccccc2)c2ccccc2)ccc13. The third-order valence-corrected chi connectivity index (χ3v) is 10.7. The maximum atomic E-state index is 6.82. The van der Waals surface area contributed by atoms with Gasteiger partial charge in [-0.3, -0.25) is 0 Å². The van der Waals surface area contributed by atoms with E-state index >= 15 is 0 Å². The summed E-state index contributed by atoms with van der Waals surface area (Å²) in [5.41, 5.74) is 15.3. The first kappa shape index (κ1) is 28.1. The van der Waals surface area contributed by atoms with Crippen LogP contribution in [0.5, 0.6) is 0 Å². The van der Waals surface area contributed by atoms with E-state index in [9.17, 15) is 0 Å². The minimum atomic E-state index is -0.207. The van der Waals surface area contributed by atoms with Crippen LogP contribution in [0.15, 0.2) is 168 Å². The van der Waals surface area contributed by atoms with Gasteiger partial charge in [-0.2, -0.15) is 0 Å². The number of nitrogens with zero attached hydrogens (tertiary/aromatic N) is 2. The van der Waals surface area contributed by atoms with E-state index in [0.717, 1.165) is 39.0 Å². The van der Waals surface area contributed by atoms with Crippen molar-refractivity contribution >= 4 is 79.2 Å². The van der Waals surface area contributed by atoms with Crippen LogP contribution in [0.3, 0.4) is 0 Å². The van der Waals surface area contributed by atoms with Crippen molar-refractivity contribution in [1.29, 1.82) is 0 Å². The summed E-state index contributed by atoms with van der Waals surface area (Å²) in [6.45, 7) is 4.87. The maximum Gasteiger partial charge on any atom is 0.247 e. The molecule has 0 bridgehead atoms. The number of para-hydroxylation sites is 4. The largest absolute Gasteiger partial charge is 0.456 e. The lowest BCUT2D eigenvalue weighted by molar-refractivity contribution is 0.644. The Morgan fingerprint density at radius 2 is 1.14 bits per heavy atom. The van der Waals surface area contributed by atoms with Crippen LogP contribution >= 0.6 is 0 Å². The Morgan fingerprint density at radius 1 is 0.510 bits per heavy atom. The monoisotopic (exact) mass is 628 g/mol. The lowest BCUT2D eigenvalue weighted by Gasteiger charge is -2.45. The first-order valence-electron chi connectivity index (χ1n) is 17.1. The Morgan fingerprint density at radius 3 is 1.88 bits per heavy atom. The number of hydrogen-bond donors (Lipinski definition) is 0. The van der Waals surface area contributed by atoms with Gasteiger partial charge < -0.3 is 14.2 Å². The molecule has 7 aromatic carbocycles. The number of benzene rings is 7. The van der Waals surface area contributed by atoms with E-state index in [1.54, 1.807) is 0 Å². The summed E-state index contributed by atoms with van der Waals surface area (Å²) >= 11 is 0. The molecule has 0 saturated heterocycles. The van der Waals surface area contributed by atoms with Gasteiger partial charge in [0.2, 0.25) is 6.71 Å². The summed E-state index contributed by atoms with van der Waals surface area (Å²) < 4.78 is 6.82. The fourth-order valence-electron chi connectivity index (χ4n) is 8.49. The predicted octanol–water partition coefficient (Wildman–Crippen LogP) is 9.99. The average molecular weight is 629 g/mol. The second-order valence-electron chi connectivity index (χ2n) is 13.8. The standard InChI is InChI=1S/C45H33BN2O/c1-45(2)36-21-14-24-41-44(36)46(38-22-12-13-23-40(38)48(41)32-19-10-5-11-20-32)39-29-43-35(28-37(39)45)34-26-25-33(27-42(34)49-43)47(30-15-6-3-7-16-30)31-17-8-4-9-18-31/h3-29H,1-2H3. The molecule has 2 aliphatic rings. The van der Waals surface area contributed by atoms with Crippen molar-refractivity contribution in [3.63, 3.8) is 0 Å². The van der Waals surface area contributed by atoms with Crippen LogP contribution in [0.25, 0.3) is 21.9 Å². The number of fused-ring (bicyclic) bond motifs is 7. The van der Waals surface area contributed by atoms with Crippen molar-refractivity contribution in [2.24, 2.45) is 0 Å². The van der Waals surface area contributed by atoms with Crippen molar-refractivity contribution in [3.05, 3.63) is 175 Å². The van der Waals surface area contributed by atoms with Crippen LogP contribution in [0.1, 0.15) is 25.0 Å². The van der Waals surface area contributed by atoms with Crippen molar-refractivity contribution in [2.45, 2.75) is 19.3 Å². The Labute approximate surface area is 286 Å². The molecule has 0 spiro atoms. The third kappa shape index (κ3) is 4.10. The van der Waals surface area contributed by atoms with Gasteiger partial charge in [0.05, 0.1) is 0 Å². The molecule has 8 aromatic rings. The molecule has 49 heavy (non-hydrogen) atoms. The van der Waals surface area contributed by atoms with Gasteiger partial charge in [-0.15, -0.1) is 0 Å². The molecule has 4 heteroatoms. The molecule has 0 atom stereocenters. The van der Waals surface area contributed by atoms with E-state index in [1.165, 1.54) is 44.6 Å². The zero-order valence-corrected chi connectivity index (χ0v) is 27.5. The lowest BCUT2D eigenvalue weighted by Crippen LogP contribution is -2.64. The maximum absolute atomic E-state index is 6.82. The van der Waals surface area contributed by atoms with E-state index in [-0.39, 0.29) is 12.1 Å². The molecule has 1 aromatic heterocycles. The van der Waals surface area contributed by atoms with Crippen molar-refractivity contribution in [3.8, 4) is 0 Å². The first-order valence-corrected chi connectivity index (χ1v) is 17.1. The highest BCUT2D eigenvalue weighted by Gasteiger charge is 2.46. The summed E-state index contributed by atoms with van der Waals surface area (Å²) in [4.78, 5) is 4.73. The number of hydrogen-bond acceptors (Lipinski definition) is 3. The summed E-state index contributed by atoms with van der Waals surface area (Å²) in [5.74, 6) is 0. The smallest absolute Gasteiger partial charge is 0.247 e. The predicted molar refractivity (Wildman–Crippen MR) is 206 cm³/mol. The Balaban J connectivity index is 1.19. The topological polar surface area (TPSA) is 19.6 Å². The minimum Gasteiger partial charge on any atom is -0.456 e. The van der Waals surface area contributed by atoms with Gasteiger partial charge in [0.15, 0.2) is 0 Å². The van der Waals surface area contributed by atoms with Crippen LogP contribution in [0.4, 0.5) is 34.1 Å². The molecule has 3 heterocycles. The quantitative estimate of drug-likeness (QED) is 0.181. The molecular formula is C45H33BN2O. The summed E-state index contributed by atoms with van der Waals surface area (Å²) in [6.07, 6.45) is 0. The zero-order chi connectivity index (χ0) is 32.7. The number of furan rings is 1. The highest BCUT2D eigenvalue weighted by molar-refractivity contribution is 6.99.